The van der Waals surface area contributed by atoms with Gasteiger partial charge in [-0.15, -0.1) is 0 Å². The van der Waals surface area contributed by atoms with Crippen LogP contribution in [-0.4, -0.2) is 41.7 Å². The fourth-order valence-electron chi connectivity index (χ4n) is 4.11. The monoisotopic (exact) mass is 410 g/mol. The van der Waals surface area contributed by atoms with Crippen LogP contribution in [0, 0.1) is 5.92 Å². The summed E-state index contributed by atoms with van der Waals surface area (Å²) in [6.07, 6.45) is -2.66. The predicted octanol–water partition coefficient (Wildman–Crippen LogP) is 2.31. The summed E-state index contributed by atoms with van der Waals surface area (Å²) in [7, 11) is 0. The molecule has 8 heteroatoms. The van der Waals surface area contributed by atoms with Crippen LogP contribution in [-0.2, 0) is 19.1 Å². The Labute approximate surface area is 171 Å². The van der Waals surface area contributed by atoms with E-state index in [-0.39, 0.29) is 34.5 Å². The van der Waals surface area contributed by atoms with Gasteiger partial charge in [-0.25, -0.2) is 0 Å². The van der Waals surface area contributed by atoms with Gasteiger partial charge in [0.15, 0.2) is 23.6 Å². The maximum atomic E-state index is 13.6. The van der Waals surface area contributed by atoms with Crippen molar-refractivity contribution in [3.63, 3.8) is 0 Å². The fourth-order valence-corrected chi connectivity index (χ4v) is 4.11. The number of ketones is 2. The van der Waals surface area contributed by atoms with E-state index in [9.17, 15) is 24.3 Å². The molecule has 2 aromatic carbocycles. The number of Topliss-reactive ketones (excluding diaryl/α,β-unsaturated/α-hetero) is 2. The summed E-state index contributed by atoms with van der Waals surface area (Å²) in [5.74, 6) is -2.60. The zero-order chi connectivity index (χ0) is 21.6. The van der Waals surface area contributed by atoms with E-state index in [0.29, 0.717) is 17.2 Å². The Morgan fingerprint density at radius 3 is 2.60 bits per heavy atom. The number of esters is 1. The molecule has 8 nitrogen and oxygen atoms in total. The molecule has 4 rings (SSSR count). The van der Waals surface area contributed by atoms with Gasteiger partial charge in [0, 0.05) is 23.4 Å². The van der Waals surface area contributed by atoms with Crippen molar-refractivity contribution in [1.29, 1.82) is 0 Å². The van der Waals surface area contributed by atoms with Crippen LogP contribution in [0.1, 0.15) is 41.0 Å². The molecule has 1 aliphatic carbocycles. The Hall–Kier alpha value is -3.36. The van der Waals surface area contributed by atoms with Crippen LogP contribution in [0.2, 0.25) is 0 Å². The van der Waals surface area contributed by atoms with E-state index >= 15 is 0 Å². The Morgan fingerprint density at radius 2 is 1.93 bits per heavy atom. The number of carbonyl (C=O) groups excluding carboxylic acids is 4. The number of hydrogen-bond donors (Lipinski definition) is 1. The number of carbonyl (C=O) groups is 4. The first kappa shape index (κ1) is 19.9. The van der Waals surface area contributed by atoms with Crippen LogP contribution in [0.3, 0.4) is 0 Å². The highest BCUT2D eigenvalue weighted by molar-refractivity contribution is 6.30. The molecule has 0 fully saturated rings. The van der Waals surface area contributed by atoms with Crippen molar-refractivity contribution in [1.82, 2.24) is 0 Å². The normalized spacial score (nSPS) is 23.1. The van der Waals surface area contributed by atoms with Crippen molar-refractivity contribution in [3.8, 4) is 5.75 Å². The SMILES string of the molecule is CCC1C2=C(C(=O)c3cc4ccccc4c(OC(C)=O)c3C2=O)[C@H](O)O[C@@H]1OC=O. The molecule has 0 bridgehead atoms. The molecule has 2 aliphatic rings. The third kappa shape index (κ3) is 2.92. The first-order valence-electron chi connectivity index (χ1n) is 9.39. The molecule has 154 valence electrons. The van der Waals surface area contributed by atoms with Crippen LogP contribution >= 0.6 is 0 Å². The van der Waals surface area contributed by atoms with E-state index in [1.807, 2.05) is 0 Å². The van der Waals surface area contributed by atoms with Crippen LogP contribution in [0.5, 0.6) is 5.75 Å². The topological polar surface area (TPSA) is 116 Å². The highest BCUT2D eigenvalue weighted by atomic mass is 16.7. The minimum absolute atomic E-state index is 0.00397. The van der Waals surface area contributed by atoms with Crippen molar-refractivity contribution >= 4 is 34.8 Å². The maximum absolute atomic E-state index is 13.6. The highest BCUT2D eigenvalue weighted by Gasteiger charge is 2.48. The third-order valence-electron chi connectivity index (χ3n) is 5.34. The minimum atomic E-state index is -1.74. The Kier molecular flexibility index (Phi) is 4.97. The van der Waals surface area contributed by atoms with Gasteiger partial charge in [-0.1, -0.05) is 31.2 Å². The molecule has 0 saturated heterocycles. The van der Waals surface area contributed by atoms with Crippen LogP contribution in [0.25, 0.3) is 10.8 Å². The summed E-state index contributed by atoms with van der Waals surface area (Å²) in [4.78, 5) is 49.5. The molecule has 1 heterocycles. The molecule has 0 amide bonds. The lowest BCUT2D eigenvalue weighted by Crippen LogP contribution is -2.45. The molecule has 0 spiro atoms. The van der Waals surface area contributed by atoms with Crippen LogP contribution < -0.4 is 4.74 Å². The minimum Gasteiger partial charge on any atom is -0.437 e. The van der Waals surface area contributed by atoms with E-state index in [1.165, 1.54) is 13.0 Å². The maximum Gasteiger partial charge on any atom is 0.308 e. The van der Waals surface area contributed by atoms with Gasteiger partial charge in [0.25, 0.3) is 6.47 Å². The fraction of sp³-hybridized carbons (Fsp3) is 0.273. The second-order valence-corrected chi connectivity index (χ2v) is 7.03. The summed E-state index contributed by atoms with van der Waals surface area (Å²) in [5, 5.41) is 11.5. The van der Waals surface area contributed by atoms with Gasteiger partial charge in [-0.3, -0.25) is 19.2 Å². The largest absolute Gasteiger partial charge is 0.437 e. The molecule has 30 heavy (non-hydrogen) atoms. The molecule has 2 aromatic rings. The van der Waals surface area contributed by atoms with Crippen LogP contribution in [0.4, 0.5) is 0 Å². The van der Waals surface area contributed by atoms with E-state index in [4.69, 9.17) is 14.2 Å². The van der Waals surface area contributed by atoms with Gasteiger partial charge in [0.2, 0.25) is 6.29 Å². The summed E-state index contributed by atoms with van der Waals surface area (Å²) in [6.45, 7) is 3.10. The number of aliphatic hydroxyl groups is 1. The van der Waals surface area contributed by atoms with Gasteiger partial charge in [0.1, 0.15) is 0 Å². The summed E-state index contributed by atoms with van der Waals surface area (Å²) in [5.41, 5.74) is -0.218. The predicted molar refractivity (Wildman–Crippen MR) is 103 cm³/mol. The summed E-state index contributed by atoms with van der Waals surface area (Å²) in [6, 6.07) is 8.41. The molecule has 0 saturated carbocycles. The molecular weight excluding hydrogens is 392 g/mol. The molecule has 1 unspecified atom stereocenters. The van der Waals surface area contributed by atoms with Gasteiger partial charge in [-0.05, 0) is 17.9 Å². The number of hydrogen-bond acceptors (Lipinski definition) is 8. The number of aliphatic hydroxyl groups excluding tert-OH is 1. The molecular formula is C22H18O8. The van der Waals surface area contributed by atoms with E-state index < -0.39 is 36.0 Å². The van der Waals surface area contributed by atoms with Crippen molar-refractivity contribution in [2.75, 3.05) is 0 Å². The number of ether oxygens (including phenoxy) is 3. The van der Waals surface area contributed by atoms with Crippen molar-refractivity contribution in [2.24, 2.45) is 5.92 Å². The summed E-state index contributed by atoms with van der Waals surface area (Å²) < 4.78 is 15.6. The van der Waals surface area contributed by atoms with E-state index in [0.717, 1.165) is 0 Å². The molecule has 1 N–H and O–H groups in total. The lowest BCUT2D eigenvalue weighted by atomic mass is 9.75. The molecule has 0 aromatic heterocycles. The van der Waals surface area contributed by atoms with Crippen molar-refractivity contribution < 1.29 is 38.5 Å². The number of benzene rings is 2. The lowest BCUT2D eigenvalue weighted by Gasteiger charge is -2.37. The number of fused-ring (bicyclic) bond motifs is 2. The lowest BCUT2D eigenvalue weighted by molar-refractivity contribution is -0.226. The standard InChI is InChI=1S/C22H18O8/c1-3-12-15-17(21(27)30-22(12)28-9-23)18(25)14-8-11-6-4-5-7-13(11)20(29-10(2)24)16(14)19(15)26/h4-9,12,21-22,27H,3H2,1-2H3/t12?,21-,22+/m1/s1. The first-order valence-corrected chi connectivity index (χ1v) is 9.39. The quantitative estimate of drug-likeness (QED) is 0.464. The average Bonchev–Trinajstić information content (AvgIpc) is 2.71. The second-order valence-electron chi connectivity index (χ2n) is 7.03. The van der Waals surface area contributed by atoms with Gasteiger partial charge >= 0.3 is 5.97 Å². The van der Waals surface area contributed by atoms with E-state index in [2.05, 4.69) is 0 Å². The average molecular weight is 410 g/mol. The number of rotatable bonds is 4. The van der Waals surface area contributed by atoms with Crippen molar-refractivity contribution in [3.05, 3.63) is 52.6 Å². The second kappa shape index (κ2) is 7.47. The van der Waals surface area contributed by atoms with Gasteiger partial charge < -0.3 is 19.3 Å². The molecule has 1 aliphatic heterocycles. The first-order chi connectivity index (χ1) is 14.4. The zero-order valence-corrected chi connectivity index (χ0v) is 16.2. The van der Waals surface area contributed by atoms with Gasteiger partial charge in [0.05, 0.1) is 17.1 Å². The van der Waals surface area contributed by atoms with Gasteiger partial charge in [-0.2, -0.15) is 0 Å². The summed E-state index contributed by atoms with van der Waals surface area (Å²) >= 11 is 0. The third-order valence-corrected chi connectivity index (χ3v) is 5.34. The Morgan fingerprint density at radius 1 is 1.20 bits per heavy atom. The zero-order valence-electron chi connectivity index (χ0n) is 16.2. The highest BCUT2D eigenvalue weighted by Crippen LogP contribution is 2.44. The smallest absolute Gasteiger partial charge is 0.308 e. The Balaban J connectivity index is 2.01. The van der Waals surface area contributed by atoms with Crippen LogP contribution in [0.15, 0.2) is 41.5 Å². The van der Waals surface area contributed by atoms with Crippen molar-refractivity contribution in [2.45, 2.75) is 32.8 Å². The Bertz CT molecular complexity index is 1130. The van der Waals surface area contributed by atoms with E-state index in [1.54, 1.807) is 31.2 Å². The molecule has 0 radical (unpaired) electrons. The molecule has 3 atom stereocenters.